The van der Waals surface area contributed by atoms with Gasteiger partial charge >= 0.3 is 0 Å². The van der Waals surface area contributed by atoms with Gasteiger partial charge in [0.1, 0.15) is 0 Å². The van der Waals surface area contributed by atoms with E-state index in [4.69, 9.17) is 0 Å². The fourth-order valence-electron chi connectivity index (χ4n) is 9.51. The van der Waals surface area contributed by atoms with E-state index < -0.39 is 0 Å². The molecular weight excluding hydrogens is 747 g/mol. The Hall–Kier alpha value is -8.00. The van der Waals surface area contributed by atoms with Gasteiger partial charge in [0.05, 0.1) is 11.0 Å². The first-order chi connectivity index (χ1) is 30.7. The molecule has 292 valence electrons. The van der Waals surface area contributed by atoms with Gasteiger partial charge in [-0.15, -0.1) is 0 Å². The number of rotatable bonds is 8. The lowest BCUT2D eigenvalue weighted by atomic mass is 9.79. The van der Waals surface area contributed by atoms with Gasteiger partial charge in [-0.3, -0.25) is 0 Å². The molecule has 10 aromatic carbocycles. The summed E-state index contributed by atoms with van der Waals surface area (Å²) in [6.45, 7) is 2.19. The molecule has 0 fully saturated rings. The molecule has 0 spiro atoms. The van der Waals surface area contributed by atoms with Gasteiger partial charge in [-0.25, -0.2) is 0 Å². The molecule has 0 radical (unpaired) electrons. The van der Waals surface area contributed by atoms with Gasteiger partial charge in [0, 0.05) is 33.2 Å². The van der Waals surface area contributed by atoms with Crippen LogP contribution < -0.4 is 0 Å². The quantitative estimate of drug-likeness (QED) is 0.144. The summed E-state index contributed by atoms with van der Waals surface area (Å²) >= 11 is 0. The molecule has 0 aliphatic carbocycles. The van der Waals surface area contributed by atoms with Crippen LogP contribution in [0.1, 0.15) is 5.56 Å². The number of aryl methyl sites for hydroxylation is 1. The third-order valence-corrected chi connectivity index (χ3v) is 12.2. The highest BCUT2D eigenvalue weighted by molar-refractivity contribution is 6.29. The van der Waals surface area contributed by atoms with Crippen molar-refractivity contribution in [1.29, 1.82) is 0 Å². The highest BCUT2D eigenvalue weighted by Gasteiger charge is 2.30. The maximum Gasteiger partial charge on any atom is 0.0632 e. The first kappa shape index (κ1) is 37.0. The normalized spacial score (nSPS) is 11.3. The minimum atomic E-state index is 1.11. The standard InChI is InChI=1S/C61H43N/c1-42-20-17-33-51(40-42)53-34-19-35-54-59(53)60-57(47-27-13-5-14-28-47)55(45-23-9-3-10-24-45)56(46-25-11-4-12-26-46)58(48-29-15-6-16-30-48)61(60)62(54)52-38-36-44(37-39-52)50-32-18-31-49(41-50)43-21-7-2-8-22-43/h2-41H,1H3. The molecular formula is C61H43N. The van der Waals surface area contributed by atoms with Crippen LogP contribution in [0, 0.1) is 6.92 Å². The zero-order valence-corrected chi connectivity index (χ0v) is 34.5. The van der Waals surface area contributed by atoms with Crippen LogP contribution in [-0.4, -0.2) is 4.57 Å². The van der Waals surface area contributed by atoms with E-state index in [2.05, 4.69) is 254 Å². The number of hydrogen-bond acceptors (Lipinski definition) is 0. The molecule has 0 N–H and O–H groups in total. The van der Waals surface area contributed by atoms with Crippen molar-refractivity contribution in [3.05, 3.63) is 248 Å². The highest BCUT2D eigenvalue weighted by atomic mass is 15.0. The van der Waals surface area contributed by atoms with Crippen molar-refractivity contribution >= 4 is 21.8 Å². The lowest BCUT2D eigenvalue weighted by Crippen LogP contribution is -2.00. The van der Waals surface area contributed by atoms with Crippen molar-refractivity contribution in [2.45, 2.75) is 6.92 Å². The molecule has 0 saturated heterocycles. The minimum absolute atomic E-state index is 1.11. The highest BCUT2D eigenvalue weighted by Crippen LogP contribution is 2.55. The fraction of sp³-hybridized carbons (Fsp3) is 0.0164. The first-order valence-electron chi connectivity index (χ1n) is 21.4. The van der Waals surface area contributed by atoms with Gasteiger partial charge in [0.25, 0.3) is 0 Å². The van der Waals surface area contributed by atoms with Gasteiger partial charge in [-0.2, -0.15) is 0 Å². The van der Waals surface area contributed by atoms with E-state index in [1.165, 1.54) is 99.7 Å². The van der Waals surface area contributed by atoms with Crippen molar-refractivity contribution < 1.29 is 0 Å². The SMILES string of the molecule is Cc1cccc(-c2cccc3c2c2c(-c4ccccc4)c(-c4ccccc4)c(-c4ccccc4)c(-c4ccccc4)c2n3-c2ccc(-c3cccc(-c4ccccc4)c3)cc2)c1. The molecule has 0 saturated carbocycles. The van der Waals surface area contributed by atoms with Gasteiger partial charge in [0.2, 0.25) is 0 Å². The molecule has 1 heteroatoms. The van der Waals surface area contributed by atoms with Gasteiger partial charge in [-0.1, -0.05) is 224 Å². The second-order valence-corrected chi connectivity index (χ2v) is 16.1. The molecule has 0 unspecified atom stereocenters. The molecule has 11 aromatic rings. The van der Waals surface area contributed by atoms with Crippen LogP contribution in [0.25, 0.3) is 105 Å². The maximum absolute atomic E-state index is 2.55. The Balaban J connectivity index is 1.32. The zero-order valence-electron chi connectivity index (χ0n) is 34.5. The summed E-state index contributed by atoms with van der Waals surface area (Å²) in [6.07, 6.45) is 0. The summed E-state index contributed by atoms with van der Waals surface area (Å²) in [5, 5.41) is 2.47. The van der Waals surface area contributed by atoms with E-state index in [1.54, 1.807) is 0 Å². The molecule has 0 atom stereocenters. The van der Waals surface area contributed by atoms with E-state index in [-0.39, 0.29) is 0 Å². The topological polar surface area (TPSA) is 4.93 Å². The second-order valence-electron chi connectivity index (χ2n) is 16.1. The molecule has 1 nitrogen and oxygen atoms in total. The third-order valence-electron chi connectivity index (χ3n) is 12.2. The molecule has 0 aliphatic heterocycles. The zero-order chi connectivity index (χ0) is 41.4. The van der Waals surface area contributed by atoms with Gasteiger partial charge < -0.3 is 4.57 Å². The fourth-order valence-corrected chi connectivity index (χ4v) is 9.51. The summed E-state index contributed by atoms with van der Waals surface area (Å²) in [6, 6.07) is 88.6. The maximum atomic E-state index is 2.55. The van der Waals surface area contributed by atoms with Crippen molar-refractivity contribution in [1.82, 2.24) is 4.57 Å². The van der Waals surface area contributed by atoms with Crippen LogP contribution >= 0.6 is 0 Å². The molecule has 1 aromatic heterocycles. The van der Waals surface area contributed by atoms with Crippen LogP contribution in [0.15, 0.2) is 243 Å². The molecule has 0 aliphatic rings. The summed E-state index contributed by atoms with van der Waals surface area (Å²) < 4.78 is 2.55. The van der Waals surface area contributed by atoms with E-state index >= 15 is 0 Å². The summed E-state index contributed by atoms with van der Waals surface area (Å²) in [5.41, 5.74) is 21.5. The van der Waals surface area contributed by atoms with E-state index in [9.17, 15) is 0 Å². The monoisotopic (exact) mass is 789 g/mol. The van der Waals surface area contributed by atoms with Crippen LogP contribution in [0.4, 0.5) is 0 Å². The number of fused-ring (bicyclic) bond motifs is 3. The van der Waals surface area contributed by atoms with E-state index in [0.29, 0.717) is 0 Å². The van der Waals surface area contributed by atoms with Crippen molar-refractivity contribution in [2.75, 3.05) is 0 Å². The number of benzene rings is 10. The molecule has 0 bridgehead atoms. The van der Waals surface area contributed by atoms with E-state index in [0.717, 1.165) is 11.2 Å². The van der Waals surface area contributed by atoms with Gasteiger partial charge in [0.15, 0.2) is 0 Å². The van der Waals surface area contributed by atoms with Crippen molar-refractivity contribution in [2.24, 2.45) is 0 Å². The third kappa shape index (κ3) is 6.52. The number of hydrogen-bond donors (Lipinski definition) is 0. The van der Waals surface area contributed by atoms with Gasteiger partial charge in [-0.05, 0) is 92.4 Å². The predicted molar refractivity (Wildman–Crippen MR) is 264 cm³/mol. The Morgan fingerprint density at radius 3 is 1.24 bits per heavy atom. The Labute approximate surface area is 363 Å². The largest absolute Gasteiger partial charge is 0.309 e. The predicted octanol–water partition coefficient (Wildman–Crippen LogP) is 16.8. The molecule has 11 rings (SSSR count). The molecule has 62 heavy (non-hydrogen) atoms. The molecule has 0 amide bonds. The Morgan fingerprint density at radius 1 is 0.274 bits per heavy atom. The average molecular weight is 790 g/mol. The summed E-state index contributed by atoms with van der Waals surface area (Å²) in [4.78, 5) is 0. The lowest BCUT2D eigenvalue weighted by Gasteiger charge is -2.24. The Morgan fingerprint density at radius 2 is 0.694 bits per heavy atom. The van der Waals surface area contributed by atoms with E-state index in [1.807, 2.05) is 0 Å². The number of aromatic nitrogens is 1. The minimum Gasteiger partial charge on any atom is -0.309 e. The van der Waals surface area contributed by atoms with Crippen LogP contribution in [-0.2, 0) is 0 Å². The smallest absolute Gasteiger partial charge is 0.0632 e. The summed E-state index contributed by atoms with van der Waals surface area (Å²) in [7, 11) is 0. The van der Waals surface area contributed by atoms with Crippen LogP contribution in [0.3, 0.4) is 0 Å². The first-order valence-corrected chi connectivity index (χ1v) is 21.4. The Kier molecular flexibility index (Phi) is 9.48. The average Bonchev–Trinajstić information content (AvgIpc) is 3.69. The summed E-state index contributed by atoms with van der Waals surface area (Å²) in [5.74, 6) is 0. The van der Waals surface area contributed by atoms with Crippen molar-refractivity contribution in [3.63, 3.8) is 0 Å². The Bertz CT molecular complexity index is 3350. The van der Waals surface area contributed by atoms with Crippen LogP contribution in [0.5, 0.6) is 0 Å². The van der Waals surface area contributed by atoms with Crippen molar-refractivity contribution in [3.8, 4) is 83.6 Å². The molecule has 1 heterocycles. The number of nitrogens with zero attached hydrogens (tertiary/aromatic N) is 1. The van der Waals surface area contributed by atoms with Crippen LogP contribution in [0.2, 0.25) is 0 Å². The lowest BCUT2D eigenvalue weighted by molar-refractivity contribution is 1.18. The second kappa shape index (κ2) is 15.9.